The zero-order valence-electron chi connectivity index (χ0n) is 10.9. The van der Waals surface area contributed by atoms with Gasteiger partial charge in [-0.25, -0.2) is 0 Å². The highest BCUT2D eigenvalue weighted by molar-refractivity contribution is 5.95. The summed E-state index contributed by atoms with van der Waals surface area (Å²) >= 11 is 0. The topological polar surface area (TPSA) is 20.3 Å². The molecule has 0 fully saturated rings. The second-order valence-electron chi connectivity index (χ2n) is 4.22. The van der Waals surface area contributed by atoms with E-state index in [1.165, 1.54) is 4.90 Å². The van der Waals surface area contributed by atoms with Gasteiger partial charge in [0.2, 0.25) is 0 Å². The molecule has 2 aromatic rings. The van der Waals surface area contributed by atoms with E-state index in [2.05, 4.69) is 0 Å². The quantitative estimate of drug-likeness (QED) is 0.775. The first-order valence-corrected chi connectivity index (χ1v) is 6.17. The van der Waals surface area contributed by atoms with Gasteiger partial charge in [-0.15, -0.1) is 0 Å². The summed E-state index contributed by atoms with van der Waals surface area (Å²) in [6.07, 6.45) is -3.21. The standard InChI is InChI=1S/C16H12F3NO/c17-16(18,19)15(21)11-12-20(13-7-3-1-4-8-13)14-9-5-2-6-10-14/h1-12H/b12-11+. The fraction of sp³-hybridized carbons (Fsp3) is 0.0625. The number of benzene rings is 2. The summed E-state index contributed by atoms with van der Waals surface area (Å²) in [5.74, 6) is -1.89. The first kappa shape index (κ1) is 14.8. The first-order chi connectivity index (χ1) is 9.98. The van der Waals surface area contributed by atoms with Crippen molar-refractivity contribution in [2.75, 3.05) is 4.90 Å². The minimum Gasteiger partial charge on any atom is -0.317 e. The molecule has 2 nitrogen and oxygen atoms in total. The van der Waals surface area contributed by atoms with Crippen LogP contribution in [0.1, 0.15) is 0 Å². The number of halogens is 3. The second kappa shape index (κ2) is 6.26. The van der Waals surface area contributed by atoms with Crippen LogP contribution in [0.2, 0.25) is 0 Å². The number of anilines is 2. The molecule has 0 radical (unpaired) electrons. The maximum atomic E-state index is 12.3. The Hall–Kier alpha value is -2.56. The van der Waals surface area contributed by atoms with E-state index in [0.29, 0.717) is 17.5 Å². The number of para-hydroxylation sites is 2. The predicted octanol–water partition coefficient (Wildman–Crippen LogP) is 4.47. The Morgan fingerprint density at radius 1 is 0.857 bits per heavy atom. The van der Waals surface area contributed by atoms with E-state index in [4.69, 9.17) is 0 Å². The molecule has 108 valence electrons. The van der Waals surface area contributed by atoms with Gasteiger partial charge in [0.1, 0.15) is 0 Å². The lowest BCUT2D eigenvalue weighted by atomic mass is 10.2. The fourth-order valence-electron chi connectivity index (χ4n) is 1.74. The number of nitrogens with zero attached hydrogens (tertiary/aromatic N) is 1. The molecule has 2 aromatic carbocycles. The van der Waals surface area contributed by atoms with Crippen molar-refractivity contribution >= 4 is 17.2 Å². The van der Waals surface area contributed by atoms with Crippen LogP contribution in [0.4, 0.5) is 24.5 Å². The van der Waals surface area contributed by atoms with Crippen LogP contribution in [0, 0.1) is 0 Å². The second-order valence-corrected chi connectivity index (χ2v) is 4.22. The highest BCUT2D eigenvalue weighted by atomic mass is 19.4. The van der Waals surface area contributed by atoms with Crippen molar-refractivity contribution < 1.29 is 18.0 Å². The van der Waals surface area contributed by atoms with Crippen molar-refractivity contribution in [2.24, 2.45) is 0 Å². The zero-order valence-corrected chi connectivity index (χ0v) is 10.9. The van der Waals surface area contributed by atoms with Crippen LogP contribution in [-0.4, -0.2) is 12.0 Å². The third kappa shape index (κ3) is 3.95. The first-order valence-electron chi connectivity index (χ1n) is 6.17. The number of allylic oxidation sites excluding steroid dienone is 1. The van der Waals surface area contributed by atoms with Crippen molar-refractivity contribution in [1.82, 2.24) is 0 Å². The lowest BCUT2D eigenvalue weighted by Gasteiger charge is -2.20. The van der Waals surface area contributed by atoms with E-state index in [1.807, 2.05) is 0 Å². The van der Waals surface area contributed by atoms with Crippen LogP contribution >= 0.6 is 0 Å². The summed E-state index contributed by atoms with van der Waals surface area (Å²) in [5, 5.41) is 0. The van der Waals surface area contributed by atoms with Gasteiger partial charge >= 0.3 is 6.18 Å². The van der Waals surface area contributed by atoms with E-state index in [9.17, 15) is 18.0 Å². The largest absolute Gasteiger partial charge is 0.454 e. The van der Waals surface area contributed by atoms with Crippen LogP contribution in [0.3, 0.4) is 0 Å². The van der Waals surface area contributed by atoms with Gasteiger partial charge in [0.15, 0.2) is 0 Å². The van der Waals surface area contributed by atoms with E-state index in [-0.39, 0.29) is 0 Å². The molecule has 0 aliphatic heterocycles. The number of ketones is 1. The number of hydrogen-bond donors (Lipinski definition) is 0. The van der Waals surface area contributed by atoms with Crippen LogP contribution in [0.25, 0.3) is 0 Å². The van der Waals surface area contributed by atoms with Crippen LogP contribution < -0.4 is 4.90 Å². The van der Waals surface area contributed by atoms with Gasteiger partial charge < -0.3 is 4.90 Å². The summed E-state index contributed by atoms with van der Waals surface area (Å²) in [6, 6.07) is 17.7. The number of alkyl halides is 3. The van der Waals surface area contributed by atoms with Crippen LogP contribution in [0.15, 0.2) is 72.9 Å². The molecular formula is C16H12F3NO. The number of hydrogen-bond acceptors (Lipinski definition) is 2. The summed E-state index contributed by atoms with van der Waals surface area (Å²) in [4.78, 5) is 12.5. The Balaban J connectivity index is 2.34. The van der Waals surface area contributed by atoms with Crippen molar-refractivity contribution in [3.63, 3.8) is 0 Å². The molecule has 0 heterocycles. The summed E-state index contributed by atoms with van der Waals surface area (Å²) in [6.45, 7) is 0. The molecular weight excluding hydrogens is 279 g/mol. The van der Waals surface area contributed by atoms with Crippen molar-refractivity contribution in [3.8, 4) is 0 Å². The van der Waals surface area contributed by atoms with Crippen LogP contribution in [-0.2, 0) is 4.79 Å². The average molecular weight is 291 g/mol. The highest BCUT2D eigenvalue weighted by Crippen LogP contribution is 2.26. The third-order valence-corrected chi connectivity index (χ3v) is 2.72. The minimum atomic E-state index is -4.87. The van der Waals surface area contributed by atoms with Gasteiger partial charge in [0.25, 0.3) is 5.78 Å². The smallest absolute Gasteiger partial charge is 0.317 e. The molecule has 0 N–H and O–H groups in total. The predicted molar refractivity (Wildman–Crippen MR) is 75.2 cm³/mol. The molecule has 0 aliphatic rings. The Bertz CT molecular complexity index is 581. The van der Waals surface area contributed by atoms with Crippen molar-refractivity contribution in [3.05, 3.63) is 72.9 Å². The van der Waals surface area contributed by atoms with Gasteiger partial charge in [-0.2, -0.15) is 13.2 Å². The fourth-order valence-corrected chi connectivity index (χ4v) is 1.74. The van der Waals surface area contributed by atoms with E-state index in [0.717, 1.165) is 6.20 Å². The molecule has 5 heteroatoms. The Morgan fingerprint density at radius 2 is 1.29 bits per heavy atom. The maximum absolute atomic E-state index is 12.3. The van der Waals surface area contributed by atoms with Gasteiger partial charge in [0, 0.05) is 23.7 Å². The lowest BCUT2D eigenvalue weighted by molar-refractivity contribution is -0.165. The number of carbonyl (C=O) groups is 1. The number of rotatable bonds is 4. The van der Waals surface area contributed by atoms with Crippen LogP contribution in [0.5, 0.6) is 0 Å². The molecule has 0 spiro atoms. The minimum absolute atomic E-state index is 0.528. The van der Waals surface area contributed by atoms with E-state index >= 15 is 0 Å². The third-order valence-electron chi connectivity index (χ3n) is 2.72. The average Bonchev–Trinajstić information content (AvgIpc) is 2.48. The van der Waals surface area contributed by atoms with Gasteiger partial charge in [-0.05, 0) is 24.3 Å². The summed E-state index contributed by atoms with van der Waals surface area (Å²) in [7, 11) is 0. The lowest BCUT2D eigenvalue weighted by Crippen LogP contribution is -2.21. The Labute approximate surface area is 120 Å². The van der Waals surface area contributed by atoms with Crippen molar-refractivity contribution in [1.29, 1.82) is 0 Å². The molecule has 0 amide bonds. The molecule has 2 rings (SSSR count). The highest BCUT2D eigenvalue weighted by Gasteiger charge is 2.36. The Kier molecular flexibility index (Phi) is 4.42. The summed E-state index contributed by atoms with van der Waals surface area (Å²) < 4.78 is 36.9. The zero-order chi connectivity index (χ0) is 15.3. The molecule has 0 unspecified atom stereocenters. The molecule has 21 heavy (non-hydrogen) atoms. The Morgan fingerprint density at radius 3 is 1.67 bits per heavy atom. The summed E-state index contributed by atoms with van der Waals surface area (Å²) in [5.41, 5.74) is 1.32. The SMILES string of the molecule is O=C(/C=C/N(c1ccccc1)c1ccccc1)C(F)(F)F. The van der Waals surface area contributed by atoms with Crippen molar-refractivity contribution in [2.45, 2.75) is 6.18 Å². The molecule has 0 aromatic heterocycles. The molecule has 0 atom stereocenters. The van der Waals surface area contributed by atoms with Gasteiger partial charge in [-0.3, -0.25) is 4.79 Å². The molecule has 0 saturated heterocycles. The molecule has 0 saturated carbocycles. The maximum Gasteiger partial charge on any atom is 0.454 e. The molecule has 0 bridgehead atoms. The number of carbonyl (C=O) groups excluding carboxylic acids is 1. The normalized spacial score (nSPS) is 11.6. The molecule has 0 aliphatic carbocycles. The van der Waals surface area contributed by atoms with Gasteiger partial charge in [-0.1, -0.05) is 36.4 Å². The van der Waals surface area contributed by atoms with Gasteiger partial charge in [0.05, 0.1) is 0 Å². The monoisotopic (exact) mass is 291 g/mol. The van der Waals surface area contributed by atoms with E-state index in [1.54, 1.807) is 60.7 Å². The van der Waals surface area contributed by atoms with E-state index < -0.39 is 12.0 Å².